The number of carboxylic acids is 1. The minimum Gasteiger partial charge on any atom is -0.508 e. The molecule has 0 saturated carbocycles. The number of aliphatic carboxylic acids is 1. The smallest absolute Gasteiger partial charge is 0.412 e. The maximum atomic E-state index is 11.6. The Kier molecular flexibility index (Phi) is 5.15. The van der Waals surface area contributed by atoms with Gasteiger partial charge in [-0.2, -0.15) is 0 Å². The third-order valence-electron chi connectivity index (χ3n) is 2.47. The van der Waals surface area contributed by atoms with Gasteiger partial charge in [-0.3, -0.25) is 10.1 Å². The molecule has 1 rings (SSSR count). The largest absolute Gasteiger partial charge is 0.508 e. The van der Waals surface area contributed by atoms with Crippen LogP contribution >= 0.6 is 0 Å². The number of ether oxygens (including phenoxy) is 1. The Morgan fingerprint density at radius 2 is 2.00 bits per heavy atom. The van der Waals surface area contributed by atoms with E-state index in [1.54, 1.807) is 20.8 Å². The third kappa shape index (κ3) is 5.70. The Hall–Kier alpha value is -2.28. The highest BCUT2D eigenvalue weighted by Crippen LogP contribution is 2.28. The Morgan fingerprint density at radius 1 is 1.38 bits per heavy atom. The van der Waals surface area contributed by atoms with Gasteiger partial charge in [-0.1, -0.05) is 6.07 Å². The Bertz CT molecular complexity index is 537. The fourth-order valence-electron chi connectivity index (χ4n) is 1.65. The predicted molar refractivity (Wildman–Crippen MR) is 77.1 cm³/mol. The van der Waals surface area contributed by atoms with Crippen molar-refractivity contribution in [1.82, 2.24) is 0 Å². The summed E-state index contributed by atoms with van der Waals surface area (Å²) in [6.07, 6.45) is -0.948. The first kappa shape index (κ1) is 16.8. The number of anilines is 1. The number of nitrogens with one attached hydrogen (secondary N) is 1. The Balaban J connectivity index is 2.78. The van der Waals surface area contributed by atoms with Crippen LogP contribution in [0.25, 0.3) is 0 Å². The SMILES string of the molecule is CC(C)(C)OC(=O)Nc1ccc(C(N)CC(=O)O)c(O)c1. The molecule has 0 aromatic heterocycles. The van der Waals surface area contributed by atoms with Crippen LogP contribution in [0, 0.1) is 0 Å². The van der Waals surface area contributed by atoms with E-state index in [1.807, 2.05) is 0 Å². The number of carboxylic acid groups (broad SMARTS) is 1. The lowest BCUT2D eigenvalue weighted by Crippen LogP contribution is -2.27. The number of hydrogen-bond donors (Lipinski definition) is 4. The van der Waals surface area contributed by atoms with Gasteiger partial charge in [0.2, 0.25) is 0 Å². The van der Waals surface area contributed by atoms with E-state index < -0.39 is 23.7 Å². The summed E-state index contributed by atoms with van der Waals surface area (Å²) in [6.45, 7) is 5.20. The van der Waals surface area contributed by atoms with Gasteiger partial charge in [0.25, 0.3) is 0 Å². The van der Waals surface area contributed by atoms with Crippen LogP contribution < -0.4 is 11.1 Å². The van der Waals surface area contributed by atoms with Crippen molar-refractivity contribution in [3.63, 3.8) is 0 Å². The number of amides is 1. The first-order chi connectivity index (χ1) is 9.58. The van der Waals surface area contributed by atoms with Crippen LogP contribution in [0.2, 0.25) is 0 Å². The summed E-state index contributed by atoms with van der Waals surface area (Å²) in [7, 11) is 0. The number of phenolic OH excluding ortho intramolecular Hbond substituents is 1. The van der Waals surface area contributed by atoms with Gasteiger partial charge in [0.15, 0.2) is 0 Å². The molecular formula is C14H20N2O5. The average molecular weight is 296 g/mol. The highest BCUT2D eigenvalue weighted by molar-refractivity contribution is 5.85. The van der Waals surface area contributed by atoms with E-state index in [9.17, 15) is 14.7 Å². The first-order valence-corrected chi connectivity index (χ1v) is 6.39. The molecule has 0 aliphatic carbocycles. The number of benzene rings is 1. The van der Waals surface area contributed by atoms with Crippen LogP contribution in [0.4, 0.5) is 10.5 Å². The summed E-state index contributed by atoms with van der Waals surface area (Å²) in [5.74, 6) is -1.24. The molecule has 0 radical (unpaired) electrons. The van der Waals surface area contributed by atoms with Crippen molar-refractivity contribution in [2.45, 2.75) is 38.8 Å². The van der Waals surface area contributed by atoms with Crippen molar-refractivity contribution < 1.29 is 24.5 Å². The molecule has 1 aromatic carbocycles. The summed E-state index contributed by atoms with van der Waals surface area (Å²) < 4.78 is 5.08. The van der Waals surface area contributed by atoms with E-state index >= 15 is 0 Å². The summed E-state index contributed by atoms with van der Waals surface area (Å²) in [4.78, 5) is 22.2. The van der Waals surface area contributed by atoms with Crippen molar-refractivity contribution in [2.75, 3.05) is 5.32 Å². The lowest BCUT2D eigenvalue weighted by Gasteiger charge is -2.20. The molecule has 1 amide bonds. The van der Waals surface area contributed by atoms with E-state index in [2.05, 4.69) is 5.32 Å². The molecule has 116 valence electrons. The second-order valence-corrected chi connectivity index (χ2v) is 5.60. The topological polar surface area (TPSA) is 122 Å². The van der Waals surface area contributed by atoms with Crippen molar-refractivity contribution in [3.05, 3.63) is 23.8 Å². The fourth-order valence-corrected chi connectivity index (χ4v) is 1.65. The average Bonchev–Trinajstić information content (AvgIpc) is 2.24. The first-order valence-electron chi connectivity index (χ1n) is 6.39. The van der Waals surface area contributed by atoms with Gasteiger partial charge in [-0.15, -0.1) is 0 Å². The molecule has 1 unspecified atom stereocenters. The van der Waals surface area contributed by atoms with Crippen LogP contribution in [0.3, 0.4) is 0 Å². The monoisotopic (exact) mass is 296 g/mol. The number of carbonyl (C=O) groups is 2. The highest BCUT2D eigenvalue weighted by Gasteiger charge is 2.18. The summed E-state index contributed by atoms with van der Waals surface area (Å²) >= 11 is 0. The molecule has 0 aliphatic heterocycles. The molecule has 0 heterocycles. The third-order valence-corrected chi connectivity index (χ3v) is 2.47. The van der Waals surface area contributed by atoms with E-state index in [1.165, 1.54) is 18.2 Å². The summed E-state index contributed by atoms with van der Waals surface area (Å²) in [5, 5.41) is 21.0. The molecule has 7 heteroatoms. The van der Waals surface area contributed by atoms with Gasteiger partial charge in [0.05, 0.1) is 6.42 Å². The zero-order chi connectivity index (χ0) is 16.2. The predicted octanol–water partition coefficient (Wildman–Crippen LogP) is 2.21. The molecule has 0 saturated heterocycles. The molecule has 0 aliphatic rings. The number of carbonyl (C=O) groups excluding carboxylic acids is 1. The molecular weight excluding hydrogens is 276 g/mol. The summed E-state index contributed by atoms with van der Waals surface area (Å²) in [5.41, 5.74) is 5.67. The van der Waals surface area contributed by atoms with Crippen molar-refractivity contribution in [3.8, 4) is 5.75 Å². The zero-order valence-corrected chi connectivity index (χ0v) is 12.2. The van der Waals surface area contributed by atoms with Crippen molar-refractivity contribution >= 4 is 17.7 Å². The van der Waals surface area contributed by atoms with Gasteiger partial charge in [0, 0.05) is 23.4 Å². The van der Waals surface area contributed by atoms with Crippen LogP contribution in [0.15, 0.2) is 18.2 Å². The molecule has 0 spiro atoms. The van der Waals surface area contributed by atoms with Crippen LogP contribution in [-0.2, 0) is 9.53 Å². The lowest BCUT2D eigenvalue weighted by atomic mass is 10.0. The van der Waals surface area contributed by atoms with E-state index in [4.69, 9.17) is 15.6 Å². The van der Waals surface area contributed by atoms with Crippen LogP contribution in [0.5, 0.6) is 5.75 Å². The lowest BCUT2D eigenvalue weighted by molar-refractivity contribution is -0.137. The molecule has 0 bridgehead atoms. The molecule has 7 nitrogen and oxygen atoms in total. The molecule has 0 fully saturated rings. The normalized spacial score (nSPS) is 12.6. The van der Waals surface area contributed by atoms with Gasteiger partial charge in [-0.05, 0) is 26.8 Å². The fraction of sp³-hybridized carbons (Fsp3) is 0.429. The Labute approximate surface area is 122 Å². The molecule has 1 atom stereocenters. The number of phenols is 1. The quantitative estimate of drug-likeness (QED) is 0.675. The molecule has 1 aromatic rings. The minimum atomic E-state index is -1.06. The van der Waals surface area contributed by atoms with Crippen molar-refractivity contribution in [2.24, 2.45) is 5.73 Å². The van der Waals surface area contributed by atoms with E-state index in [0.717, 1.165) is 0 Å². The number of rotatable bonds is 4. The number of nitrogens with two attached hydrogens (primary N) is 1. The Morgan fingerprint density at radius 3 is 2.48 bits per heavy atom. The van der Waals surface area contributed by atoms with E-state index in [-0.39, 0.29) is 12.2 Å². The standard InChI is InChI=1S/C14H20N2O5/c1-14(2,3)21-13(20)16-8-4-5-9(11(17)6-8)10(15)7-12(18)19/h4-6,10,17H,7,15H2,1-3H3,(H,16,20)(H,18,19). The van der Waals surface area contributed by atoms with E-state index in [0.29, 0.717) is 11.3 Å². The maximum Gasteiger partial charge on any atom is 0.412 e. The second kappa shape index (κ2) is 6.45. The molecule has 5 N–H and O–H groups in total. The zero-order valence-electron chi connectivity index (χ0n) is 12.2. The number of hydrogen-bond acceptors (Lipinski definition) is 5. The van der Waals surface area contributed by atoms with Crippen LogP contribution in [0.1, 0.15) is 38.8 Å². The van der Waals surface area contributed by atoms with Gasteiger partial charge in [-0.25, -0.2) is 4.79 Å². The second-order valence-electron chi connectivity index (χ2n) is 5.60. The maximum absolute atomic E-state index is 11.6. The van der Waals surface area contributed by atoms with Crippen LogP contribution in [-0.4, -0.2) is 27.9 Å². The van der Waals surface area contributed by atoms with Gasteiger partial charge >= 0.3 is 12.1 Å². The number of aromatic hydroxyl groups is 1. The van der Waals surface area contributed by atoms with Gasteiger partial charge in [0.1, 0.15) is 11.4 Å². The highest BCUT2D eigenvalue weighted by atomic mass is 16.6. The molecule has 21 heavy (non-hydrogen) atoms. The van der Waals surface area contributed by atoms with Gasteiger partial charge < -0.3 is 20.7 Å². The minimum absolute atomic E-state index is 0.183. The summed E-state index contributed by atoms with van der Waals surface area (Å²) in [6, 6.07) is 3.45. The van der Waals surface area contributed by atoms with Crippen molar-refractivity contribution in [1.29, 1.82) is 0 Å².